The van der Waals surface area contributed by atoms with Crippen LogP contribution in [-0.4, -0.2) is 18.3 Å². The second-order valence-corrected chi connectivity index (χ2v) is 6.81. The molecule has 0 heterocycles. The second kappa shape index (κ2) is 5.26. The normalized spacial score (nSPS) is 32.3. The molecule has 0 aromatic heterocycles. The Labute approximate surface area is 116 Å². The van der Waals surface area contributed by atoms with E-state index in [-0.39, 0.29) is 5.41 Å². The molecular weight excluding hydrogens is 236 g/mol. The molecule has 1 saturated carbocycles. The van der Waals surface area contributed by atoms with Gasteiger partial charge in [0.1, 0.15) is 5.60 Å². The van der Waals surface area contributed by atoms with E-state index in [2.05, 4.69) is 32.9 Å². The maximum Gasteiger partial charge on any atom is 0.118 e. The summed E-state index contributed by atoms with van der Waals surface area (Å²) in [6.45, 7) is 6.77. The number of methoxy groups -OCH3 is 1. The molecule has 1 N–H and O–H groups in total. The highest BCUT2D eigenvalue weighted by Gasteiger charge is 2.46. The van der Waals surface area contributed by atoms with Crippen LogP contribution < -0.4 is 0 Å². The summed E-state index contributed by atoms with van der Waals surface area (Å²) in [7, 11) is 1.72. The Kier molecular flexibility index (Phi) is 4.03. The monoisotopic (exact) mass is 262 g/mol. The first kappa shape index (κ1) is 14.5. The van der Waals surface area contributed by atoms with Gasteiger partial charge in [-0.25, -0.2) is 0 Å². The van der Waals surface area contributed by atoms with E-state index in [4.69, 9.17) is 4.74 Å². The Morgan fingerprint density at radius 1 is 1.21 bits per heavy atom. The standard InChI is InChI=1S/C17H26O2/c1-16(2,3)14-10-11-17(19-4,15(18)12-14)13-8-6-5-7-9-13/h5-9,14-15,18H,10-12H2,1-4H3/t14-,15+,17-/m1/s1. The molecule has 2 rings (SSSR count). The highest BCUT2D eigenvalue weighted by Crippen LogP contribution is 2.47. The van der Waals surface area contributed by atoms with Gasteiger partial charge in [-0.2, -0.15) is 0 Å². The van der Waals surface area contributed by atoms with Gasteiger partial charge in [-0.05, 0) is 36.2 Å². The zero-order valence-electron chi connectivity index (χ0n) is 12.5. The SMILES string of the molecule is CO[C@@]1(c2ccccc2)CC[C@@H](C(C)(C)C)C[C@@H]1O. The Balaban J connectivity index is 2.25. The third-order valence-electron chi connectivity index (χ3n) is 4.76. The lowest BCUT2D eigenvalue weighted by molar-refractivity contribution is -0.149. The fourth-order valence-electron chi connectivity index (χ4n) is 3.33. The Morgan fingerprint density at radius 3 is 2.32 bits per heavy atom. The molecule has 2 nitrogen and oxygen atoms in total. The van der Waals surface area contributed by atoms with E-state index in [1.54, 1.807) is 7.11 Å². The van der Waals surface area contributed by atoms with E-state index >= 15 is 0 Å². The van der Waals surface area contributed by atoms with Crippen LogP contribution in [0.2, 0.25) is 0 Å². The molecule has 0 unspecified atom stereocenters. The molecule has 1 aliphatic rings. The first-order chi connectivity index (χ1) is 8.90. The zero-order chi connectivity index (χ0) is 14.1. The maximum atomic E-state index is 10.7. The van der Waals surface area contributed by atoms with Gasteiger partial charge in [0, 0.05) is 7.11 Å². The molecule has 0 spiro atoms. The average Bonchev–Trinajstić information content (AvgIpc) is 2.39. The summed E-state index contributed by atoms with van der Waals surface area (Å²) in [4.78, 5) is 0. The van der Waals surface area contributed by atoms with Crippen LogP contribution in [-0.2, 0) is 10.3 Å². The quantitative estimate of drug-likeness (QED) is 0.880. The van der Waals surface area contributed by atoms with Crippen LogP contribution in [0.25, 0.3) is 0 Å². The molecule has 0 saturated heterocycles. The van der Waals surface area contributed by atoms with Gasteiger partial charge >= 0.3 is 0 Å². The molecule has 0 radical (unpaired) electrons. The van der Waals surface area contributed by atoms with Gasteiger partial charge in [0.2, 0.25) is 0 Å². The second-order valence-electron chi connectivity index (χ2n) is 6.81. The van der Waals surface area contributed by atoms with Gasteiger partial charge in [-0.3, -0.25) is 0 Å². The summed E-state index contributed by atoms with van der Waals surface area (Å²) in [5.41, 5.74) is 0.818. The van der Waals surface area contributed by atoms with E-state index in [0.717, 1.165) is 24.8 Å². The molecule has 1 aromatic carbocycles. The Hall–Kier alpha value is -0.860. The van der Waals surface area contributed by atoms with Crippen molar-refractivity contribution in [1.82, 2.24) is 0 Å². The van der Waals surface area contributed by atoms with Gasteiger partial charge < -0.3 is 9.84 Å². The minimum Gasteiger partial charge on any atom is -0.390 e. The van der Waals surface area contributed by atoms with Gasteiger partial charge in [-0.1, -0.05) is 51.1 Å². The molecule has 19 heavy (non-hydrogen) atoms. The van der Waals surface area contributed by atoms with Crippen molar-refractivity contribution in [3.63, 3.8) is 0 Å². The van der Waals surface area contributed by atoms with Gasteiger partial charge in [-0.15, -0.1) is 0 Å². The molecule has 3 atom stereocenters. The highest BCUT2D eigenvalue weighted by atomic mass is 16.5. The predicted molar refractivity (Wildman–Crippen MR) is 77.9 cm³/mol. The smallest absolute Gasteiger partial charge is 0.118 e. The van der Waals surface area contributed by atoms with Crippen molar-refractivity contribution in [3.8, 4) is 0 Å². The summed E-state index contributed by atoms with van der Waals surface area (Å²) in [5, 5.41) is 10.7. The molecule has 0 amide bonds. The summed E-state index contributed by atoms with van der Waals surface area (Å²) in [5.74, 6) is 0.550. The van der Waals surface area contributed by atoms with Crippen LogP contribution in [0.15, 0.2) is 30.3 Å². The van der Waals surface area contributed by atoms with Crippen LogP contribution in [0.4, 0.5) is 0 Å². The van der Waals surface area contributed by atoms with Gasteiger partial charge in [0.15, 0.2) is 0 Å². The molecule has 106 valence electrons. The van der Waals surface area contributed by atoms with E-state index in [0.29, 0.717) is 5.92 Å². The Bertz CT molecular complexity index is 407. The number of rotatable bonds is 2. The fourth-order valence-corrected chi connectivity index (χ4v) is 3.33. The number of hydrogen-bond donors (Lipinski definition) is 1. The van der Waals surface area contributed by atoms with Gasteiger partial charge in [0.25, 0.3) is 0 Å². The largest absolute Gasteiger partial charge is 0.390 e. The number of aliphatic hydroxyl groups excluding tert-OH is 1. The van der Waals surface area contributed by atoms with Crippen LogP contribution in [0, 0.1) is 11.3 Å². The first-order valence-electron chi connectivity index (χ1n) is 7.19. The van der Waals surface area contributed by atoms with Crippen LogP contribution in [0.5, 0.6) is 0 Å². The van der Waals surface area contributed by atoms with Crippen molar-refractivity contribution >= 4 is 0 Å². The first-order valence-corrected chi connectivity index (χ1v) is 7.19. The molecular formula is C17H26O2. The lowest BCUT2D eigenvalue weighted by atomic mass is 9.65. The number of ether oxygens (including phenoxy) is 1. The van der Waals surface area contributed by atoms with E-state index in [1.165, 1.54) is 0 Å². The van der Waals surface area contributed by atoms with Crippen molar-refractivity contribution in [1.29, 1.82) is 0 Å². The zero-order valence-corrected chi connectivity index (χ0v) is 12.5. The lowest BCUT2D eigenvalue weighted by Crippen LogP contribution is -2.48. The van der Waals surface area contributed by atoms with Crippen LogP contribution in [0.3, 0.4) is 0 Å². The topological polar surface area (TPSA) is 29.5 Å². The molecule has 1 fully saturated rings. The molecule has 0 aliphatic heterocycles. The number of aliphatic hydroxyl groups is 1. The van der Waals surface area contributed by atoms with Crippen LogP contribution >= 0.6 is 0 Å². The van der Waals surface area contributed by atoms with E-state index in [1.807, 2.05) is 18.2 Å². The molecule has 1 aromatic rings. The third-order valence-corrected chi connectivity index (χ3v) is 4.76. The number of benzene rings is 1. The molecule has 2 heteroatoms. The molecule has 0 bridgehead atoms. The highest BCUT2D eigenvalue weighted by molar-refractivity contribution is 5.25. The minimum absolute atomic E-state index is 0.248. The maximum absolute atomic E-state index is 10.7. The van der Waals surface area contributed by atoms with Crippen molar-refractivity contribution in [2.45, 2.75) is 51.7 Å². The van der Waals surface area contributed by atoms with E-state index < -0.39 is 11.7 Å². The fraction of sp³-hybridized carbons (Fsp3) is 0.647. The summed E-state index contributed by atoms with van der Waals surface area (Å²) in [6.07, 6.45) is 2.37. The van der Waals surface area contributed by atoms with E-state index in [9.17, 15) is 5.11 Å². The summed E-state index contributed by atoms with van der Waals surface area (Å²) in [6, 6.07) is 10.1. The predicted octanol–water partition coefficient (Wildman–Crippen LogP) is 3.74. The molecule has 1 aliphatic carbocycles. The van der Waals surface area contributed by atoms with Crippen molar-refractivity contribution in [2.24, 2.45) is 11.3 Å². The summed E-state index contributed by atoms with van der Waals surface area (Å²) >= 11 is 0. The van der Waals surface area contributed by atoms with Gasteiger partial charge in [0.05, 0.1) is 6.10 Å². The average molecular weight is 262 g/mol. The van der Waals surface area contributed by atoms with Crippen LogP contribution in [0.1, 0.15) is 45.6 Å². The lowest BCUT2D eigenvalue weighted by Gasteiger charge is -2.46. The van der Waals surface area contributed by atoms with Crippen molar-refractivity contribution in [3.05, 3.63) is 35.9 Å². The number of hydrogen-bond acceptors (Lipinski definition) is 2. The van der Waals surface area contributed by atoms with Crippen molar-refractivity contribution in [2.75, 3.05) is 7.11 Å². The van der Waals surface area contributed by atoms with Crippen molar-refractivity contribution < 1.29 is 9.84 Å². The third kappa shape index (κ3) is 2.70. The summed E-state index contributed by atoms with van der Waals surface area (Å²) < 4.78 is 5.79. The minimum atomic E-state index is -0.525. The Morgan fingerprint density at radius 2 is 1.84 bits per heavy atom.